The standard InChI is InChI=1S/C15H20N4O2S2/c1-17(13-8-9-23(20,21)10-13)11-19-15(22)18(2)14(16-19)12-6-4-3-5-7-12/h3-7,13H,8-11H2,1-2H3/t13-/m1/s1. The largest absolute Gasteiger partial charge is 0.303 e. The predicted octanol–water partition coefficient (Wildman–Crippen LogP) is 1.69. The second kappa shape index (κ2) is 6.18. The van der Waals surface area contributed by atoms with Crippen molar-refractivity contribution in [3.05, 3.63) is 35.1 Å². The van der Waals surface area contributed by atoms with Crippen LogP contribution in [0.25, 0.3) is 11.4 Å². The lowest BCUT2D eigenvalue weighted by atomic mass is 10.2. The maximum Gasteiger partial charge on any atom is 0.199 e. The van der Waals surface area contributed by atoms with Crippen LogP contribution in [0.15, 0.2) is 30.3 Å². The van der Waals surface area contributed by atoms with Crippen LogP contribution < -0.4 is 0 Å². The average Bonchev–Trinajstić information content (AvgIpc) is 3.02. The van der Waals surface area contributed by atoms with Gasteiger partial charge in [0.05, 0.1) is 18.2 Å². The summed E-state index contributed by atoms with van der Waals surface area (Å²) >= 11 is 5.47. The topological polar surface area (TPSA) is 60.1 Å². The van der Waals surface area contributed by atoms with E-state index in [4.69, 9.17) is 12.2 Å². The second-order valence-corrected chi connectivity index (χ2v) is 8.58. The molecule has 6 nitrogen and oxygen atoms in total. The molecule has 0 spiro atoms. The van der Waals surface area contributed by atoms with E-state index in [0.717, 1.165) is 11.4 Å². The van der Waals surface area contributed by atoms with Crippen molar-refractivity contribution in [1.82, 2.24) is 19.2 Å². The van der Waals surface area contributed by atoms with Crippen LogP contribution in [0.4, 0.5) is 0 Å². The summed E-state index contributed by atoms with van der Waals surface area (Å²) in [5, 5.41) is 4.61. The molecule has 0 saturated carbocycles. The van der Waals surface area contributed by atoms with Crippen molar-refractivity contribution < 1.29 is 8.42 Å². The average molecular weight is 352 g/mol. The summed E-state index contributed by atoms with van der Waals surface area (Å²) in [7, 11) is 0.926. The van der Waals surface area contributed by atoms with Crippen LogP contribution >= 0.6 is 12.2 Å². The maximum absolute atomic E-state index is 11.6. The SMILES string of the molecule is CN(Cn1nc(-c2ccccc2)n(C)c1=S)[C@@H]1CCS(=O)(=O)C1. The Hall–Kier alpha value is -1.51. The summed E-state index contributed by atoms with van der Waals surface area (Å²) in [6.07, 6.45) is 0.671. The fourth-order valence-electron chi connectivity index (χ4n) is 2.87. The first-order valence-electron chi connectivity index (χ1n) is 7.47. The quantitative estimate of drug-likeness (QED) is 0.784. The Bertz CT molecular complexity index is 855. The summed E-state index contributed by atoms with van der Waals surface area (Å²) in [4.78, 5) is 2.02. The Morgan fingerprint density at radius 1 is 1.35 bits per heavy atom. The lowest BCUT2D eigenvalue weighted by Gasteiger charge is -2.22. The van der Waals surface area contributed by atoms with Crippen molar-refractivity contribution in [2.45, 2.75) is 19.1 Å². The first-order valence-corrected chi connectivity index (χ1v) is 9.70. The monoisotopic (exact) mass is 352 g/mol. The molecule has 2 heterocycles. The fourth-order valence-corrected chi connectivity index (χ4v) is 4.86. The van der Waals surface area contributed by atoms with Gasteiger partial charge in [-0.15, -0.1) is 0 Å². The van der Waals surface area contributed by atoms with Crippen molar-refractivity contribution in [1.29, 1.82) is 0 Å². The molecule has 0 amide bonds. The summed E-state index contributed by atoms with van der Waals surface area (Å²) in [6, 6.07) is 9.91. The van der Waals surface area contributed by atoms with E-state index in [1.54, 1.807) is 4.68 Å². The normalized spacial score (nSPS) is 20.2. The van der Waals surface area contributed by atoms with Crippen molar-refractivity contribution in [2.24, 2.45) is 7.05 Å². The molecule has 124 valence electrons. The molecule has 1 saturated heterocycles. The van der Waals surface area contributed by atoms with Gasteiger partial charge in [-0.3, -0.25) is 4.90 Å². The van der Waals surface area contributed by atoms with E-state index in [1.165, 1.54) is 0 Å². The van der Waals surface area contributed by atoms with Crippen LogP contribution in [0, 0.1) is 4.77 Å². The minimum atomic E-state index is -2.89. The van der Waals surface area contributed by atoms with Crippen molar-refractivity contribution in [3.8, 4) is 11.4 Å². The first-order chi connectivity index (χ1) is 10.9. The molecular weight excluding hydrogens is 332 g/mol. The third-order valence-electron chi connectivity index (χ3n) is 4.26. The Morgan fingerprint density at radius 3 is 2.65 bits per heavy atom. The van der Waals surface area contributed by atoms with Gasteiger partial charge in [0.2, 0.25) is 0 Å². The zero-order valence-electron chi connectivity index (χ0n) is 13.2. The number of sulfone groups is 1. The molecule has 23 heavy (non-hydrogen) atoms. The molecule has 0 N–H and O–H groups in total. The highest BCUT2D eigenvalue weighted by Gasteiger charge is 2.30. The minimum absolute atomic E-state index is 0.0316. The Labute approximate surface area is 141 Å². The molecule has 1 fully saturated rings. The Kier molecular flexibility index (Phi) is 4.39. The lowest BCUT2D eigenvalue weighted by molar-refractivity contribution is 0.196. The van der Waals surface area contributed by atoms with Crippen molar-refractivity contribution in [3.63, 3.8) is 0 Å². The first kappa shape index (κ1) is 16.4. The van der Waals surface area contributed by atoms with Crippen molar-refractivity contribution in [2.75, 3.05) is 18.6 Å². The molecule has 1 aliphatic rings. The molecule has 0 unspecified atom stereocenters. The summed E-state index contributed by atoms with van der Waals surface area (Å²) in [5.74, 6) is 1.29. The smallest absolute Gasteiger partial charge is 0.199 e. The van der Waals surface area contributed by atoms with Gasteiger partial charge in [0.1, 0.15) is 0 Å². The highest BCUT2D eigenvalue weighted by atomic mass is 32.2. The van der Waals surface area contributed by atoms with Gasteiger partial charge >= 0.3 is 0 Å². The lowest BCUT2D eigenvalue weighted by Crippen LogP contribution is -2.34. The molecule has 3 rings (SSSR count). The summed E-state index contributed by atoms with van der Waals surface area (Å²) in [6.45, 7) is 0.486. The fraction of sp³-hybridized carbons (Fsp3) is 0.467. The van der Waals surface area contributed by atoms with Gasteiger partial charge < -0.3 is 4.57 Å². The molecule has 2 aromatic rings. The molecular formula is C15H20N4O2S2. The van der Waals surface area contributed by atoms with Gasteiger partial charge in [-0.05, 0) is 25.7 Å². The highest BCUT2D eigenvalue weighted by molar-refractivity contribution is 7.91. The van der Waals surface area contributed by atoms with Gasteiger partial charge in [-0.2, -0.15) is 5.10 Å². The van der Waals surface area contributed by atoms with E-state index >= 15 is 0 Å². The van der Waals surface area contributed by atoms with Gasteiger partial charge in [0, 0.05) is 18.7 Å². The summed E-state index contributed by atoms with van der Waals surface area (Å²) in [5.41, 5.74) is 1.01. The summed E-state index contributed by atoms with van der Waals surface area (Å²) < 4.78 is 27.5. The molecule has 1 aromatic heterocycles. The molecule has 0 radical (unpaired) electrons. The van der Waals surface area contributed by atoms with E-state index < -0.39 is 9.84 Å². The van der Waals surface area contributed by atoms with Crippen LogP contribution in [-0.2, 0) is 23.6 Å². The Morgan fingerprint density at radius 2 is 2.04 bits per heavy atom. The predicted molar refractivity (Wildman–Crippen MR) is 92.3 cm³/mol. The Balaban J connectivity index is 1.83. The van der Waals surface area contributed by atoms with Crippen LogP contribution in [0.3, 0.4) is 0 Å². The number of benzene rings is 1. The number of hydrogen-bond acceptors (Lipinski definition) is 5. The third-order valence-corrected chi connectivity index (χ3v) is 6.50. The van der Waals surface area contributed by atoms with E-state index in [0.29, 0.717) is 17.9 Å². The van der Waals surface area contributed by atoms with Crippen LogP contribution in [-0.4, -0.2) is 52.3 Å². The van der Waals surface area contributed by atoms with Gasteiger partial charge in [-0.25, -0.2) is 13.1 Å². The molecule has 1 aromatic carbocycles. The van der Waals surface area contributed by atoms with Crippen LogP contribution in [0.2, 0.25) is 0 Å². The van der Waals surface area contributed by atoms with Crippen LogP contribution in [0.1, 0.15) is 6.42 Å². The zero-order chi connectivity index (χ0) is 16.6. The molecule has 8 heteroatoms. The number of aromatic nitrogens is 3. The van der Waals surface area contributed by atoms with Crippen LogP contribution in [0.5, 0.6) is 0 Å². The van der Waals surface area contributed by atoms with E-state index in [1.807, 2.05) is 53.9 Å². The molecule has 0 bridgehead atoms. The number of nitrogens with zero attached hydrogens (tertiary/aromatic N) is 4. The second-order valence-electron chi connectivity index (χ2n) is 5.99. The maximum atomic E-state index is 11.6. The van der Waals surface area contributed by atoms with E-state index in [-0.39, 0.29) is 17.5 Å². The van der Waals surface area contributed by atoms with E-state index in [2.05, 4.69) is 5.10 Å². The molecule has 1 aliphatic heterocycles. The number of hydrogen-bond donors (Lipinski definition) is 0. The van der Waals surface area contributed by atoms with Gasteiger partial charge in [0.15, 0.2) is 20.4 Å². The van der Waals surface area contributed by atoms with E-state index in [9.17, 15) is 8.42 Å². The highest BCUT2D eigenvalue weighted by Crippen LogP contribution is 2.19. The molecule has 1 atom stereocenters. The minimum Gasteiger partial charge on any atom is -0.303 e. The van der Waals surface area contributed by atoms with Gasteiger partial charge in [-0.1, -0.05) is 30.3 Å². The zero-order valence-corrected chi connectivity index (χ0v) is 14.8. The third kappa shape index (κ3) is 3.39. The van der Waals surface area contributed by atoms with Gasteiger partial charge in [0.25, 0.3) is 0 Å². The van der Waals surface area contributed by atoms with Crippen molar-refractivity contribution >= 4 is 22.1 Å². The number of rotatable bonds is 4. The molecule has 0 aliphatic carbocycles.